The fraction of sp³-hybridized carbons (Fsp3) is 0.143. The van der Waals surface area contributed by atoms with Gasteiger partial charge in [0, 0.05) is 18.1 Å². The Bertz CT molecular complexity index is 440. The number of H-pyrrole nitrogens is 1. The summed E-state index contributed by atoms with van der Waals surface area (Å²) >= 11 is 0. The molecule has 0 unspecified atom stereocenters. The molecule has 0 fully saturated rings. The predicted molar refractivity (Wildman–Crippen MR) is 40.5 cm³/mol. The molecular weight excluding hydrogens is 142 g/mol. The van der Waals surface area contributed by atoms with Gasteiger partial charge >= 0.3 is 5.69 Å². The molecule has 0 aromatic carbocycles. The molecule has 0 saturated carbocycles. The molecule has 0 bridgehead atoms. The number of rotatable bonds is 0. The van der Waals surface area contributed by atoms with Crippen LogP contribution in [-0.2, 0) is 0 Å². The monoisotopic (exact) mass is 149 g/mol. The van der Waals surface area contributed by atoms with Crippen molar-refractivity contribution in [3.8, 4) is 0 Å². The van der Waals surface area contributed by atoms with Crippen molar-refractivity contribution in [2.75, 3.05) is 0 Å². The summed E-state index contributed by atoms with van der Waals surface area (Å²) in [5.41, 5.74) is 1.49. The van der Waals surface area contributed by atoms with E-state index in [9.17, 15) is 4.79 Å². The Morgan fingerprint density at radius 2 is 2.45 bits per heavy atom. The number of hydrogen-bond donors (Lipinski definition) is 1. The number of aryl methyl sites for hydroxylation is 1. The second-order valence-electron chi connectivity index (χ2n) is 2.42. The van der Waals surface area contributed by atoms with Gasteiger partial charge in [-0.05, 0) is 13.0 Å². The molecule has 0 radical (unpaired) electrons. The summed E-state index contributed by atoms with van der Waals surface area (Å²) in [5.74, 6) is 0. The zero-order valence-corrected chi connectivity index (χ0v) is 6.03. The van der Waals surface area contributed by atoms with Crippen LogP contribution in [0, 0.1) is 6.92 Å². The Labute approximate surface area is 62.5 Å². The van der Waals surface area contributed by atoms with Gasteiger partial charge in [-0.25, -0.2) is 9.78 Å². The lowest BCUT2D eigenvalue weighted by molar-refractivity contribution is 1.00. The number of imidazole rings is 1. The number of aromatic nitrogens is 3. The molecule has 0 amide bonds. The van der Waals surface area contributed by atoms with E-state index in [0.29, 0.717) is 0 Å². The quantitative estimate of drug-likeness (QED) is 0.586. The van der Waals surface area contributed by atoms with Gasteiger partial charge in [-0.15, -0.1) is 0 Å². The Hall–Kier alpha value is -1.58. The fourth-order valence-electron chi connectivity index (χ4n) is 1.07. The van der Waals surface area contributed by atoms with Crippen LogP contribution < -0.4 is 5.69 Å². The number of hydrogen-bond acceptors (Lipinski definition) is 2. The van der Waals surface area contributed by atoms with Crippen LogP contribution in [0.1, 0.15) is 5.69 Å². The van der Waals surface area contributed by atoms with Gasteiger partial charge < -0.3 is 4.98 Å². The van der Waals surface area contributed by atoms with E-state index in [2.05, 4.69) is 9.97 Å². The molecule has 11 heavy (non-hydrogen) atoms. The highest BCUT2D eigenvalue weighted by Gasteiger charge is 1.96. The second kappa shape index (κ2) is 1.95. The summed E-state index contributed by atoms with van der Waals surface area (Å²) in [4.78, 5) is 17.7. The average Bonchev–Trinajstić information content (AvgIpc) is 2.31. The minimum absolute atomic E-state index is 0.244. The van der Waals surface area contributed by atoms with Crippen LogP contribution in [0.4, 0.5) is 0 Å². The zero-order chi connectivity index (χ0) is 7.84. The summed E-state index contributed by atoms with van der Waals surface area (Å²) in [6.07, 6.45) is 3.22. The van der Waals surface area contributed by atoms with Crippen LogP contribution in [0.3, 0.4) is 0 Å². The van der Waals surface area contributed by atoms with Gasteiger partial charge in [0.2, 0.25) is 0 Å². The first-order valence-electron chi connectivity index (χ1n) is 3.30. The third kappa shape index (κ3) is 0.832. The molecular formula is C7H7N3O. The fourth-order valence-corrected chi connectivity index (χ4v) is 1.07. The molecule has 2 aromatic rings. The van der Waals surface area contributed by atoms with Gasteiger partial charge in [0.1, 0.15) is 5.65 Å². The number of aromatic amines is 1. The Kier molecular flexibility index (Phi) is 1.09. The molecule has 0 spiro atoms. The first-order chi connectivity index (χ1) is 5.27. The van der Waals surface area contributed by atoms with Gasteiger partial charge in [-0.2, -0.15) is 0 Å². The van der Waals surface area contributed by atoms with Gasteiger partial charge in [-0.3, -0.25) is 4.40 Å². The first kappa shape index (κ1) is 6.15. The van der Waals surface area contributed by atoms with Crippen LogP contribution in [0.15, 0.2) is 23.3 Å². The van der Waals surface area contributed by atoms with Crippen LogP contribution in [0.25, 0.3) is 5.65 Å². The minimum atomic E-state index is -0.244. The topological polar surface area (TPSA) is 50.2 Å². The molecule has 2 rings (SSSR count). The van der Waals surface area contributed by atoms with Crippen LogP contribution in [-0.4, -0.2) is 14.4 Å². The molecule has 56 valence electrons. The van der Waals surface area contributed by atoms with Crippen LogP contribution in [0.2, 0.25) is 0 Å². The largest absolute Gasteiger partial charge is 0.353 e. The lowest BCUT2D eigenvalue weighted by Gasteiger charge is -1.86. The highest BCUT2D eigenvalue weighted by atomic mass is 16.1. The Morgan fingerprint density at radius 3 is 3.18 bits per heavy atom. The third-order valence-electron chi connectivity index (χ3n) is 1.53. The van der Waals surface area contributed by atoms with E-state index in [1.54, 1.807) is 12.3 Å². The van der Waals surface area contributed by atoms with Gasteiger partial charge in [0.05, 0.1) is 0 Å². The lowest BCUT2D eigenvalue weighted by atomic mass is 10.6. The number of fused-ring (bicyclic) bond motifs is 1. The number of nitrogens with one attached hydrogen (secondary N) is 1. The van der Waals surface area contributed by atoms with E-state index < -0.39 is 0 Å². The second-order valence-corrected chi connectivity index (χ2v) is 2.42. The van der Waals surface area contributed by atoms with Crippen molar-refractivity contribution in [2.45, 2.75) is 6.92 Å². The van der Waals surface area contributed by atoms with Gasteiger partial charge in [0.15, 0.2) is 0 Å². The maximum atomic E-state index is 11.0. The standard InChI is InChI=1S/C7H7N3O/c1-5-4-10-6(9-5)2-3-8-7(10)11/h2-4,9H,1H3. The van der Waals surface area contributed by atoms with E-state index in [-0.39, 0.29) is 5.69 Å². The van der Waals surface area contributed by atoms with Crippen molar-refractivity contribution in [1.29, 1.82) is 0 Å². The van der Waals surface area contributed by atoms with Crippen molar-refractivity contribution < 1.29 is 0 Å². The summed E-state index contributed by atoms with van der Waals surface area (Å²) in [6.45, 7) is 1.90. The molecule has 0 aliphatic rings. The normalized spacial score (nSPS) is 10.6. The summed E-state index contributed by atoms with van der Waals surface area (Å²) in [7, 11) is 0. The van der Waals surface area contributed by atoms with Crippen molar-refractivity contribution >= 4 is 5.65 Å². The van der Waals surface area contributed by atoms with E-state index in [1.807, 2.05) is 6.92 Å². The molecule has 0 aliphatic heterocycles. The lowest BCUT2D eigenvalue weighted by Crippen LogP contribution is -2.13. The van der Waals surface area contributed by atoms with Crippen molar-refractivity contribution in [2.24, 2.45) is 0 Å². The van der Waals surface area contributed by atoms with Crippen molar-refractivity contribution in [3.63, 3.8) is 0 Å². The third-order valence-corrected chi connectivity index (χ3v) is 1.53. The summed E-state index contributed by atoms with van der Waals surface area (Å²) in [6, 6.07) is 1.76. The van der Waals surface area contributed by atoms with Crippen LogP contribution >= 0.6 is 0 Å². The molecule has 2 heterocycles. The van der Waals surface area contributed by atoms with Crippen LogP contribution in [0.5, 0.6) is 0 Å². The highest BCUT2D eigenvalue weighted by Crippen LogP contribution is 1.97. The molecule has 0 aliphatic carbocycles. The highest BCUT2D eigenvalue weighted by molar-refractivity contribution is 5.37. The maximum Gasteiger partial charge on any atom is 0.353 e. The molecule has 2 aromatic heterocycles. The number of nitrogens with zero attached hydrogens (tertiary/aromatic N) is 2. The summed E-state index contributed by atoms with van der Waals surface area (Å²) in [5, 5.41) is 0. The van der Waals surface area contributed by atoms with E-state index in [1.165, 1.54) is 10.6 Å². The average molecular weight is 149 g/mol. The molecule has 1 N–H and O–H groups in total. The minimum Gasteiger partial charge on any atom is -0.344 e. The van der Waals surface area contributed by atoms with Gasteiger partial charge in [0.25, 0.3) is 0 Å². The maximum absolute atomic E-state index is 11.0. The molecule has 4 heteroatoms. The van der Waals surface area contributed by atoms with Gasteiger partial charge in [-0.1, -0.05) is 0 Å². The van der Waals surface area contributed by atoms with E-state index in [4.69, 9.17) is 0 Å². The molecule has 4 nitrogen and oxygen atoms in total. The van der Waals surface area contributed by atoms with E-state index >= 15 is 0 Å². The molecule has 0 atom stereocenters. The Balaban J connectivity index is 3.02. The Morgan fingerprint density at radius 1 is 1.64 bits per heavy atom. The van der Waals surface area contributed by atoms with Crippen molar-refractivity contribution in [1.82, 2.24) is 14.4 Å². The SMILES string of the molecule is Cc1cn2c(=O)nccc2[nH]1. The first-order valence-corrected chi connectivity index (χ1v) is 3.30. The zero-order valence-electron chi connectivity index (χ0n) is 6.03. The van der Waals surface area contributed by atoms with Crippen molar-refractivity contribution in [3.05, 3.63) is 34.6 Å². The molecule has 0 saturated heterocycles. The summed E-state index contributed by atoms with van der Waals surface area (Å²) < 4.78 is 1.48. The smallest absolute Gasteiger partial charge is 0.344 e. The van der Waals surface area contributed by atoms with E-state index in [0.717, 1.165) is 11.3 Å². The predicted octanol–water partition coefficient (Wildman–Crippen LogP) is 0.331.